The van der Waals surface area contributed by atoms with Crippen molar-refractivity contribution in [3.05, 3.63) is 59.2 Å². The number of carbonyl (C=O) groups is 1. The predicted octanol–water partition coefficient (Wildman–Crippen LogP) is 4.32. The molecule has 0 aliphatic rings. The summed E-state index contributed by atoms with van der Waals surface area (Å²) < 4.78 is 48.1. The number of ketones is 1. The number of aromatic hydroxyl groups is 1. The first-order valence-corrected chi connectivity index (χ1v) is 7.11. The van der Waals surface area contributed by atoms with E-state index in [1.165, 1.54) is 44.6 Å². The maximum atomic E-state index is 12.7. The van der Waals surface area contributed by atoms with E-state index in [0.717, 1.165) is 18.2 Å². The van der Waals surface area contributed by atoms with Crippen molar-refractivity contribution in [2.75, 3.05) is 14.2 Å². The van der Waals surface area contributed by atoms with Gasteiger partial charge < -0.3 is 14.6 Å². The molecule has 0 aliphatic heterocycles. The van der Waals surface area contributed by atoms with Crippen LogP contribution in [0.1, 0.15) is 21.5 Å². The molecule has 1 N–H and O–H groups in total. The summed E-state index contributed by atoms with van der Waals surface area (Å²) in [5.74, 6) is -0.576. The zero-order valence-electron chi connectivity index (χ0n) is 13.4. The van der Waals surface area contributed by atoms with Crippen LogP contribution in [0.2, 0.25) is 0 Å². The number of hydrogen-bond donors (Lipinski definition) is 1. The number of alkyl halides is 3. The molecule has 0 aliphatic carbocycles. The quantitative estimate of drug-likeness (QED) is 0.643. The fourth-order valence-electron chi connectivity index (χ4n) is 2.18. The molecule has 0 heterocycles. The van der Waals surface area contributed by atoms with Gasteiger partial charge in [0.15, 0.2) is 5.78 Å². The average Bonchev–Trinajstić information content (AvgIpc) is 2.58. The topological polar surface area (TPSA) is 55.8 Å². The lowest BCUT2D eigenvalue weighted by atomic mass is 10.1. The number of phenols is 1. The smallest absolute Gasteiger partial charge is 0.416 e. The summed E-state index contributed by atoms with van der Waals surface area (Å²) in [6, 6.07) is 7.22. The van der Waals surface area contributed by atoms with E-state index < -0.39 is 17.5 Å². The van der Waals surface area contributed by atoms with Crippen LogP contribution in [-0.2, 0) is 6.18 Å². The van der Waals surface area contributed by atoms with Crippen LogP contribution in [0.4, 0.5) is 13.2 Å². The third-order valence-electron chi connectivity index (χ3n) is 3.40. The predicted molar refractivity (Wildman–Crippen MR) is 86.0 cm³/mol. The minimum atomic E-state index is -4.47. The third kappa shape index (κ3) is 4.32. The van der Waals surface area contributed by atoms with E-state index in [1.54, 1.807) is 0 Å². The second-order valence-corrected chi connectivity index (χ2v) is 5.04. The molecule has 0 fully saturated rings. The van der Waals surface area contributed by atoms with E-state index >= 15 is 0 Å². The Morgan fingerprint density at radius 2 is 1.84 bits per heavy atom. The first-order valence-electron chi connectivity index (χ1n) is 7.11. The first kappa shape index (κ1) is 18.4. The molecule has 0 spiro atoms. The van der Waals surface area contributed by atoms with Gasteiger partial charge in [-0.15, -0.1) is 0 Å². The molecule has 132 valence electrons. The van der Waals surface area contributed by atoms with Crippen molar-refractivity contribution in [1.82, 2.24) is 0 Å². The van der Waals surface area contributed by atoms with Crippen molar-refractivity contribution in [3.63, 3.8) is 0 Å². The van der Waals surface area contributed by atoms with E-state index in [2.05, 4.69) is 0 Å². The SMILES string of the molecule is COc1cc(O)c(C(=O)/C=C/c2cccc(C(F)(F)F)c2)c(OC)c1. The lowest BCUT2D eigenvalue weighted by Gasteiger charge is -2.10. The van der Waals surface area contributed by atoms with E-state index in [1.807, 2.05) is 0 Å². The van der Waals surface area contributed by atoms with Gasteiger partial charge in [0.2, 0.25) is 0 Å². The maximum absolute atomic E-state index is 12.7. The Bertz CT molecular complexity index is 810. The highest BCUT2D eigenvalue weighted by Gasteiger charge is 2.30. The Morgan fingerprint density at radius 1 is 1.12 bits per heavy atom. The minimum Gasteiger partial charge on any atom is -0.507 e. The number of hydrogen-bond acceptors (Lipinski definition) is 4. The number of carbonyl (C=O) groups excluding carboxylic acids is 1. The van der Waals surface area contributed by atoms with E-state index in [9.17, 15) is 23.1 Å². The fraction of sp³-hybridized carbons (Fsp3) is 0.167. The molecule has 2 rings (SSSR count). The molecule has 0 saturated heterocycles. The summed E-state index contributed by atoms with van der Waals surface area (Å²) in [5.41, 5.74) is -0.714. The summed E-state index contributed by atoms with van der Waals surface area (Å²) in [4.78, 5) is 12.3. The van der Waals surface area contributed by atoms with Crippen molar-refractivity contribution < 1.29 is 32.5 Å². The average molecular weight is 352 g/mol. The molecule has 0 bridgehead atoms. The first-order chi connectivity index (χ1) is 11.8. The zero-order chi connectivity index (χ0) is 18.6. The Balaban J connectivity index is 2.33. The molecular formula is C18H15F3O4. The highest BCUT2D eigenvalue weighted by atomic mass is 19.4. The summed E-state index contributed by atoms with van der Waals surface area (Å²) in [6.07, 6.45) is -2.16. The summed E-state index contributed by atoms with van der Waals surface area (Å²) in [7, 11) is 2.71. The Hall–Kier alpha value is -2.96. The van der Waals surface area contributed by atoms with Gasteiger partial charge in [-0.05, 0) is 23.8 Å². The molecule has 2 aromatic rings. The number of allylic oxidation sites excluding steroid dienone is 1. The Labute approximate surface area is 142 Å². The van der Waals surface area contributed by atoms with Crippen LogP contribution in [0.5, 0.6) is 17.2 Å². The van der Waals surface area contributed by atoms with Crippen LogP contribution in [0.3, 0.4) is 0 Å². The van der Waals surface area contributed by atoms with Crippen LogP contribution in [0, 0.1) is 0 Å². The number of methoxy groups -OCH3 is 2. The van der Waals surface area contributed by atoms with Crippen molar-refractivity contribution in [3.8, 4) is 17.2 Å². The van der Waals surface area contributed by atoms with E-state index in [-0.39, 0.29) is 22.6 Å². The standard InChI is InChI=1S/C18H15F3O4/c1-24-13-9-15(23)17(16(10-13)25-2)14(22)7-6-11-4-3-5-12(8-11)18(19,20)21/h3-10,23H,1-2H3/b7-6+. The highest BCUT2D eigenvalue weighted by Crippen LogP contribution is 2.34. The van der Waals surface area contributed by atoms with E-state index in [4.69, 9.17) is 9.47 Å². The highest BCUT2D eigenvalue weighted by molar-refractivity contribution is 6.10. The number of phenolic OH excluding ortho intramolecular Hbond substituents is 1. The largest absolute Gasteiger partial charge is 0.507 e. The van der Waals surface area contributed by atoms with Crippen LogP contribution >= 0.6 is 0 Å². The Morgan fingerprint density at radius 3 is 2.44 bits per heavy atom. The lowest BCUT2D eigenvalue weighted by Crippen LogP contribution is -2.04. The second kappa shape index (κ2) is 7.29. The summed E-state index contributed by atoms with van der Waals surface area (Å²) >= 11 is 0. The van der Waals surface area contributed by atoms with Gasteiger partial charge in [-0.3, -0.25) is 4.79 Å². The minimum absolute atomic E-state index is 0.0931. The van der Waals surface area contributed by atoms with Gasteiger partial charge in [-0.1, -0.05) is 18.2 Å². The van der Waals surface area contributed by atoms with Crippen LogP contribution < -0.4 is 9.47 Å². The van der Waals surface area contributed by atoms with Gasteiger partial charge in [0, 0.05) is 12.1 Å². The third-order valence-corrected chi connectivity index (χ3v) is 3.40. The van der Waals surface area contributed by atoms with Crippen LogP contribution in [0.15, 0.2) is 42.5 Å². The molecule has 0 radical (unpaired) electrons. The van der Waals surface area contributed by atoms with Gasteiger partial charge in [0.1, 0.15) is 22.8 Å². The molecule has 0 atom stereocenters. The Kier molecular flexibility index (Phi) is 5.36. The molecule has 4 nitrogen and oxygen atoms in total. The van der Waals surface area contributed by atoms with Gasteiger partial charge in [0.25, 0.3) is 0 Å². The monoisotopic (exact) mass is 352 g/mol. The van der Waals surface area contributed by atoms with Crippen LogP contribution in [0.25, 0.3) is 6.08 Å². The van der Waals surface area contributed by atoms with Gasteiger partial charge in [-0.25, -0.2) is 0 Å². The molecule has 2 aromatic carbocycles. The van der Waals surface area contributed by atoms with Crippen molar-refractivity contribution in [1.29, 1.82) is 0 Å². The molecule has 0 saturated carbocycles. The summed E-state index contributed by atoms with van der Waals surface area (Å²) in [5, 5.41) is 9.99. The summed E-state index contributed by atoms with van der Waals surface area (Å²) in [6.45, 7) is 0. The number of rotatable bonds is 5. The normalized spacial score (nSPS) is 11.6. The number of halogens is 3. The van der Waals surface area contributed by atoms with Gasteiger partial charge in [-0.2, -0.15) is 13.2 Å². The number of ether oxygens (including phenoxy) is 2. The van der Waals surface area contributed by atoms with Gasteiger partial charge in [0.05, 0.1) is 19.8 Å². The van der Waals surface area contributed by atoms with Crippen molar-refractivity contribution in [2.45, 2.75) is 6.18 Å². The van der Waals surface area contributed by atoms with E-state index in [0.29, 0.717) is 5.75 Å². The van der Waals surface area contributed by atoms with Crippen LogP contribution in [-0.4, -0.2) is 25.1 Å². The number of benzene rings is 2. The molecule has 7 heteroatoms. The lowest BCUT2D eigenvalue weighted by molar-refractivity contribution is -0.137. The van der Waals surface area contributed by atoms with Crippen molar-refractivity contribution in [2.24, 2.45) is 0 Å². The second-order valence-electron chi connectivity index (χ2n) is 5.04. The maximum Gasteiger partial charge on any atom is 0.416 e. The molecule has 25 heavy (non-hydrogen) atoms. The molecular weight excluding hydrogens is 337 g/mol. The molecule has 0 amide bonds. The van der Waals surface area contributed by atoms with Gasteiger partial charge >= 0.3 is 6.18 Å². The molecule has 0 unspecified atom stereocenters. The van der Waals surface area contributed by atoms with Crippen molar-refractivity contribution >= 4 is 11.9 Å². The fourth-order valence-corrected chi connectivity index (χ4v) is 2.18. The zero-order valence-corrected chi connectivity index (χ0v) is 13.4. The molecule has 0 aromatic heterocycles.